The molecule has 0 radical (unpaired) electrons. The van der Waals surface area contributed by atoms with Gasteiger partial charge < -0.3 is 10.0 Å². The summed E-state index contributed by atoms with van der Waals surface area (Å²) in [6, 6.07) is 0. The van der Waals surface area contributed by atoms with Gasteiger partial charge in [0, 0.05) is 32.3 Å². The number of aryl methyl sites for hydroxylation is 2. The number of rotatable bonds is 6. The Hall–Kier alpha value is -1.36. The van der Waals surface area contributed by atoms with Gasteiger partial charge in [-0.3, -0.25) is 9.48 Å². The average molecular weight is 225 g/mol. The number of aliphatic hydroxyl groups is 1. The first kappa shape index (κ1) is 12.7. The molecule has 1 amide bonds. The number of likely N-dealkylation sites (N-methyl/N-ethyl adjacent to an activating group) is 1. The Balaban J connectivity index is 2.39. The quantitative estimate of drug-likeness (QED) is 0.763. The fourth-order valence-electron chi connectivity index (χ4n) is 1.54. The lowest BCUT2D eigenvalue weighted by atomic mass is 10.3. The van der Waals surface area contributed by atoms with Crippen molar-refractivity contribution in [2.24, 2.45) is 0 Å². The highest BCUT2D eigenvalue weighted by atomic mass is 16.3. The van der Waals surface area contributed by atoms with Gasteiger partial charge in [-0.2, -0.15) is 5.10 Å². The lowest BCUT2D eigenvalue weighted by Crippen LogP contribution is -2.33. The number of hydrogen-bond acceptors (Lipinski definition) is 3. The van der Waals surface area contributed by atoms with Crippen LogP contribution in [0.15, 0.2) is 12.4 Å². The summed E-state index contributed by atoms with van der Waals surface area (Å²) in [4.78, 5) is 13.4. The van der Waals surface area contributed by atoms with E-state index in [0.29, 0.717) is 26.1 Å². The molecule has 0 bridgehead atoms. The van der Waals surface area contributed by atoms with Gasteiger partial charge in [-0.05, 0) is 19.4 Å². The molecule has 0 aliphatic carbocycles. The maximum Gasteiger partial charge on any atom is 0.224 e. The van der Waals surface area contributed by atoms with E-state index in [4.69, 9.17) is 5.11 Å². The van der Waals surface area contributed by atoms with Gasteiger partial charge in [0.1, 0.15) is 0 Å². The Bertz CT molecular complexity index is 336. The first-order chi connectivity index (χ1) is 7.67. The summed E-state index contributed by atoms with van der Waals surface area (Å²) < 4.78 is 1.76. The molecule has 90 valence electrons. The molecule has 16 heavy (non-hydrogen) atoms. The monoisotopic (exact) mass is 225 g/mol. The number of hydrogen-bond donors (Lipinski definition) is 1. The Morgan fingerprint density at radius 2 is 2.38 bits per heavy atom. The van der Waals surface area contributed by atoms with Crippen LogP contribution in [-0.2, 0) is 11.3 Å². The minimum Gasteiger partial charge on any atom is -0.395 e. The molecule has 0 fully saturated rings. The summed E-state index contributed by atoms with van der Waals surface area (Å²) in [6.07, 6.45) is 4.11. The van der Waals surface area contributed by atoms with Gasteiger partial charge in [-0.15, -0.1) is 0 Å². The van der Waals surface area contributed by atoms with Crippen LogP contribution in [0.4, 0.5) is 0 Å². The van der Waals surface area contributed by atoms with Gasteiger partial charge in [0.25, 0.3) is 0 Å². The van der Waals surface area contributed by atoms with E-state index in [-0.39, 0.29) is 12.5 Å². The SMILES string of the molecule is CCN(CCO)C(=O)CCn1cc(C)cn1. The maximum absolute atomic E-state index is 11.7. The van der Waals surface area contributed by atoms with Gasteiger partial charge in [0.05, 0.1) is 12.8 Å². The van der Waals surface area contributed by atoms with E-state index in [1.54, 1.807) is 15.8 Å². The molecule has 1 aromatic heterocycles. The van der Waals surface area contributed by atoms with Crippen molar-refractivity contribution in [3.8, 4) is 0 Å². The molecule has 1 aromatic rings. The van der Waals surface area contributed by atoms with Crippen LogP contribution in [0.2, 0.25) is 0 Å². The first-order valence-electron chi connectivity index (χ1n) is 5.55. The number of carbonyl (C=O) groups is 1. The molecule has 1 heterocycles. The van der Waals surface area contributed by atoms with Crippen LogP contribution in [0.25, 0.3) is 0 Å². The average Bonchev–Trinajstić information content (AvgIpc) is 2.68. The van der Waals surface area contributed by atoms with Crippen LogP contribution in [0.5, 0.6) is 0 Å². The van der Waals surface area contributed by atoms with Gasteiger partial charge in [0.15, 0.2) is 0 Å². The summed E-state index contributed by atoms with van der Waals surface area (Å²) in [6.45, 7) is 5.53. The molecule has 5 heteroatoms. The second kappa shape index (κ2) is 6.27. The molecular formula is C11H19N3O2. The molecule has 0 unspecified atom stereocenters. The Kier molecular flexibility index (Phi) is 4.98. The summed E-state index contributed by atoms with van der Waals surface area (Å²) in [5.41, 5.74) is 1.09. The summed E-state index contributed by atoms with van der Waals surface area (Å²) in [7, 11) is 0. The van der Waals surface area contributed by atoms with Crippen LogP contribution in [0.1, 0.15) is 18.9 Å². The predicted molar refractivity (Wildman–Crippen MR) is 60.9 cm³/mol. The number of aliphatic hydroxyl groups excluding tert-OH is 1. The smallest absolute Gasteiger partial charge is 0.224 e. The van der Waals surface area contributed by atoms with E-state index in [1.165, 1.54) is 0 Å². The van der Waals surface area contributed by atoms with E-state index < -0.39 is 0 Å². The number of amides is 1. The molecule has 0 aromatic carbocycles. The predicted octanol–water partition coefficient (Wildman–Crippen LogP) is 0.422. The van der Waals surface area contributed by atoms with Crippen molar-refractivity contribution in [1.29, 1.82) is 0 Å². The largest absolute Gasteiger partial charge is 0.395 e. The fraction of sp³-hybridized carbons (Fsp3) is 0.636. The molecule has 1 N–H and O–H groups in total. The van der Waals surface area contributed by atoms with Crippen LogP contribution in [0.3, 0.4) is 0 Å². The zero-order chi connectivity index (χ0) is 12.0. The zero-order valence-corrected chi connectivity index (χ0v) is 9.89. The van der Waals surface area contributed by atoms with Crippen LogP contribution >= 0.6 is 0 Å². The van der Waals surface area contributed by atoms with Crippen molar-refractivity contribution < 1.29 is 9.90 Å². The van der Waals surface area contributed by atoms with Crippen molar-refractivity contribution in [1.82, 2.24) is 14.7 Å². The minimum atomic E-state index is 0.0143. The highest BCUT2D eigenvalue weighted by molar-refractivity contribution is 5.76. The minimum absolute atomic E-state index is 0.0143. The van der Waals surface area contributed by atoms with Gasteiger partial charge >= 0.3 is 0 Å². The molecule has 0 spiro atoms. The highest BCUT2D eigenvalue weighted by Crippen LogP contribution is 1.99. The molecular weight excluding hydrogens is 206 g/mol. The molecule has 0 atom stereocenters. The maximum atomic E-state index is 11.7. The van der Waals surface area contributed by atoms with Crippen molar-refractivity contribution in [2.45, 2.75) is 26.8 Å². The third-order valence-electron chi connectivity index (χ3n) is 2.42. The van der Waals surface area contributed by atoms with Crippen LogP contribution in [-0.4, -0.2) is 45.4 Å². The first-order valence-corrected chi connectivity index (χ1v) is 5.55. The van der Waals surface area contributed by atoms with Crippen molar-refractivity contribution >= 4 is 5.91 Å². The summed E-state index contributed by atoms with van der Waals surface area (Å²) in [5, 5.41) is 12.9. The van der Waals surface area contributed by atoms with Gasteiger partial charge in [0.2, 0.25) is 5.91 Å². The molecule has 0 aliphatic heterocycles. The number of nitrogens with zero attached hydrogens (tertiary/aromatic N) is 3. The van der Waals surface area contributed by atoms with E-state index in [0.717, 1.165) is 5.56 Å². The fourth-order valence-corrected chi connectivity index (χ4v) is 1.54. The van der Waals surface area contributed by atoms with Crippen molar-refractivity contribution in [3.05, 3.63) is 18.0 Å². The number of carbonyl (C=O) groups excluding carboxylic acids is 1. The molecule has 0 aliphatic rings. The van der Waals surface area contributed by atoms with Crippen LogP contribution in [0, 0.1) is 6.92 Å². The van der Waals surface area contributed by atoms with Crippen LogP contribution < -0.4 is 0 Å². The molecule has 5 nitrogen and oxygen atoms in total. The molecule has 0 saturated carbocycles. The Labute approximate surface area is 95.7 Å². The topological polar surface area (TPSA) is 58.4 Å². The Morgan fingerprint density at radius 1 is 1.62 bits per heavy atom. The van der Waals surface area contributed by atoms with E-state index >= 15 is 0 Å². The third kappa shape index (κ3) is 3.66. The normalized spacial score (nSPS) is 10.4. The lowest BCUT2D eigenvalue weighted by molar-refractivity contribution is -0.131. The second-order valence-electron chi connectivity index (χ2n) is 3.73. The summed E-state index contributed by atoms with van der Waals surface area (Å²) >= 11 is 0. The van der Waals surface area contributed by atoms with E-state index in [1.807, 2.05) is 20.0 Å². The standard InChI is InChI=1S/C11H19N3O2/c1-3-13(6-7-15)11(16)4-5-14-9-10(2)8-12-14/h8-9,15H,3-7H2,1-2H3. The zero-order valence-electron chi connectivity index (χ0n) is 9.89. The lowest BCUT2D eigenvalue weighted by Gasteiger charge is -2.19. The molecule has 1 rings (SSSR count). The van der Waals surface area contributed by atoms with Crippen molar-refractivity contribution in [3.63, 3.8) is 0 Å². The summed E-state index contributed by atoms with van der Waals surface area (Å²) in [5.74, 6) is 0.0599. The number of aromatic nitrogens is 2. The van der Waals surface area contributed by atoms with Gasteiger partial charge in [-0.25, -0.2) is 0 Å². The van der Waals surface area contributed by atoms with Gasteiger partial charge in [-0.1, -0.05) is 0 Å². The third-order valence-corrected chi connectivity index (χ3v) is 2.42. The molecule has 0 saturated heterocycles. The van der Waals surface area contributed by atoms with E-state index in [9.17, 15) is 4.79 Å². The Morgan fingerprint density at radius 3 is 2.88 bits per heavy atom. The van der Waals surface area contributed by atoms with Crippen molar-refractivity contribution in [2.75, 3.05) is 19.7 Å². The second-order valence-corrected chi connectivity index (χ2v) is 3.73. The highest BCUT2D eigenvalue weighted by Gasteiger charge is 2.10. The van der Waals surface area contributed by atoms with E-state index in [2.05, 4.69) is 5.10 Å².